The molecule has 20 heavy (non-hydrogen) atoms. The Balaban J connectivity index is 2.50. The zero-order valence-electron chi connectivity index (χ0n) is 10.3. The number of aliphatic carboxylic acids is 1. The van der Waals surface area contributed by atoms with Gasteiger partial charge in [0.2, 0.25) is 10.0 Å². The van der Waals surface area contributed by atoms with E-state index < -0.39 is 28.1 Å². The summed E-state index contributed by atoms with van der Waals surface area (Å²) in [4.78, 5) is 10.9. The third-order valence-corrected chi connectivity index (χ3v) is 5.05. The summed E-state index contributed by atoms with van der Waals surface area (Å²) in [6, 6.07) is 6.01. The Kier molecular flexibility index (Phi) is 3.76. The number of hydrogen-bond donors (Lipinski definition) is 2. The first-order valence-corrected chi connectivity index (χ1v) is 7.23. The van der Waals surface area contributed by atoms with E-state index in [-0.39, 0.29) is 23.4 Å². The number of sulfonamides is 1. The van der Waals surface area contributed by atoms with Crippen molar-refractivity contribution in [1.82, 2.24) is 4.31 Å². The van der Waals surface area contributed by atoms with Crippen LogP contribution >= 0.6 is 0 Å². The Hall–Kier alpha value is -1.95. The van der Waals surface area contributed by atoms with E-state index in [1.54, 1.807) is 6.07 Å². The number of hydrogen-bond acceptors (Lipinski definition) is 5. The molecule has 0 unspecified atom stereocenters. The van der Waals surface area contributed by atoms with Crippen molar-refractivity contribution in [3.05, 3.63) is 29.8 Å². The number of β-amino-alcohol motifs (C(OH)–C–C–N with tert-alkyl or cyclic N) is 1. The molecule has 1 aromatic rings. The molecule has 1 aromatic carbocycles. The molecule has 8 heteroatoms. The van der Waals surface area contributed by atoms with E-state index in [2.05, 4.69) is 0 Å². The molecule has 2 rings (SSSR count). The van der Waals surface area contributed by atoms with Crippen LogP contribution in [0.25, 0.3) is 0 Å². The first kappa shape index (κ1) is 14.5. The van der Waals surface area contributed by atoms with Crippen LogP contribution in [0.3, 0.4) is 0 Å². The summed E-state index contributed by atoms with van der Waals surface area (Å²) in [6.07, 6.45) is -1.19. The number of aliphatic hydroxyl groups is 1. The molecule has 0 amide bonds. The minimum Gasteiger partial charge on any atom is -0.480 e. The molecule has 1 aliphatic heterocycles. The second kappa shape index (κ2) is 5.20. The van der Waals surface area contributed by atoms with Gasteiger partial charge in [0.05, 0.1) is 16.6 Å². The van der Waals surface area contributed by atoms with Gasteiger partial charge < -0.3 is 10.2 Å². The first-order valence-electron chi connectivity index (χ1n) is 5.79. The average molecular weight is 296 g/mol. The highest BCUT2D eigenvalue weighted by Crippen LogP contribution is 2.28. The van der Waals surface area contributed by atoms with E-state index in [9.17, 15) is 18.3 Å². The van der Waals surface area contributed by atoms with Gasteiger partial charge in [0.15, 0.2) is 0 Å². The van der Waals surface area contributed by atoms with Crippen molar-refractivity contribution in [2.45, 2.75) is 23.5 Å². The zero-order valence-corrected chi connectivity index (χ0v) is 11.1. The lowest BCUT2D eigenvalue weighted by Crippen LogP contribution is -2.40. The van der Waals surface area contributed by atoms with Crippen LogP contribution in [-0.2, 0) is 14.8 Å². The van der Waals surface area contributed by atoms with Crippen molar-refractivity contribution in [2.24, 2.45) is 0 Å². The SMILES string of the molecule is N#Cc1ccccc1S(=O)(=O)N1C[C@H](O)C[C@H]1C(=O)O. The molecule has 0 aromatic heterocycles. The fourth-order valence-electron chi connectivity index (χ4n) is 2.18. The first-order chi connectivity index (χ1) is 9.37. The van der Waals surface area contributed by atoms with Crippen LogP contribution in [0.15, 0.2) is 29.2 Å². The Morgan fingerprint density at radius 1 is 1.40 bits per heavy atom. The summed E-state index contributed by atoms with van der Waals surface area (Å²) >= 11 is 0. The molecule has 0 aliphatic carbocycles. The normalized spacial score (nSPS) is 23.4. The Bertz CT molecular complexity index is 679. The summed E-state index contributed by atoms with van der Waals surface area (Å²) in [5, 5.41) is 27.5. The summed E-state index contributed by atoms with van der Waals surface area (Å²) < 4.78 is 25.7. The zero-order chi connectivity index (χ0) is 14.9. The maximum absolute atomic E-state index is 12.5. The molecule has 1 saturated heterocycles. The van der Waals surface area contributed by atoms with Crippen LogP contribution in [0.4, 0.5) is 0 Å². The lowest BCUT2D eigenvalue weighted by molar-refractivity contribution is -0.140. The van der Waals surface area contributed by atoms with Crippen LogP contribution in [0, 0.1) is 11.3 Å². The maximum atomic E-state index is 12.5. The van der Waals surface area contributed by atoms with Crippen LogP contribution in [-0.4, -0.2) is 47.6 Å². The standard InChI is InChI=1S/C12H12N2O5S/c13-6-8-3-1-2-4-11(8)20(18,19)14-7-9(15)5-10(14)12(16)17/h1-4,9-10,15H,5,7H2,(H,16,17)/t9-,10+/m1/s1. The molecule has 1 aliphatic rings. The molecule has 0 bridgehead atoms. The molecular formula is C12H12N2O5S. The van der Waals surface area contributed by atoms with Gasteiger partial charge in [-0.2, -0.15) is 9.57 Å². The molecule has 0 spiro atoms. The molecule has 2 N–H and O–H groups in total. The van der Waals surface area contributed by atoms with Crippen molar-refractivity contribution in [2.75, 3.05) is 6.54 Å². The van der Waals surface area contributed by atoms with E-state index in [1.807, 2.05) is 0 Å². The summed E-state index contributed by atoms with van der Waals surface area (Å²) in [6.45, 7) is -0.293. The number of carboxylic acids is 1. The van der Waals surface area contributed by atoms with Crippen molar-refractivity contribution < 1.29 is 23.4 Å². The minimum atomic E-state index is -4.14. The number of carbonyl (C=O) groups is 1. The molecule has 2 atom stereocenters. The Morgan fingerprint density at radius 2 is 2.05 bits per heavy atom. The van der Waals surface area contributed by atoms with Gasteiger partial charge in [0, 0.05) is 13.0 Å². The van der Waals surface area contributed by atoms with Crippen molar-refractivity contribution >= 4 is 16.0 Å². The number of aliphatic hydroxyl groups excluding tert-OH is 1. The number of nitriles is 1. The topological polar surface area (TPSA) is 119 Å². The molecule has 1 fully saturated rings. The largest absolute Gasteiger partial charge is 0.480 e. The van der Waals surface area contributed by atoms with Crippen molar-refractivity contribution in [1.29, 1.82) is 5.26 Å². The third-order valence-electron chi connectivity index (χ3n) is 3.11. The van der Waals surface area contributed by atoms with Gasteiger partial charge in [-0.05, 0) is 12.1 Å². The quantitative estimate of drug-likeness (QED) is 0.795. The van der Waals surface area contributed by atoms with Gasteiger partial charge >= 0.3 is 5.97 Å². The van der Waals surface area contributed by atoms with Gasteiger partial charge in [-0.1, -0.05) is 12.1 Å². The van der Waals surface area contributed by atoms with E-state index >= 15 is 0 Å². The lowest BCUT2D eigenvalue weighted by Gasteiger charge is -2.21. The smallest absolute Gasteiger partial charge is 0.322 e. The van der Waals surface area contributed by atoms with E-state index in [0.717, 1.165) is 4.31 Å². The van der Waals surface area contributed by atoms with E-state index in [0.29, 0.717) is 0 Å². The van der Waals surface area contributed by atoms with Gasteiger partial charge in [0.1, 0.15) is 12.1 Å². The van der Waals surface area contributed by atoms with E-state index in [1.165, 1.54) is 24.3 Å². The number of carboxylic acid groups (broad SMARTS) is 1. The van der Waals surface area contributed by atoms with Gasteiger partial charge in [-0.15, -0.1) is 0 Å². The van der Waals surface area contributed by atoms with Crippen LogP contribution in [0.1, 0.15) is 12.0 Å². The number of nitrogens with zero attached hydrogens (tertiary/aromatic N) is 2. The van der Waals surface area contributed by atoms with E-state index in [4.69, 9.17) is 10.4 Å². The van der Waals surface area contributed by atoms with Gasteiger partial charge in [-0.25, -0.2) is 8.42 Å². The van der Waals surface area contributed by atoms with Gasteiger partial charge in [0.25, 0.3) is 0 Å². The highest BCUT2D eigenvalue weighted by Gasteiger charge is 2.44. The lowest BCUT2D eigenvalue weighted by atomic mass is 10.2. The maximum Gasteiger partial charge on any atom is 0.322 e. The summed E-state index contributed by atoms with van der Waals surface area (Å²) in [7, 11) is -4.14. The van der Waals surface area contributed by atoms with Crippen molar-refractivity contribution in [3.8, 4) is 6.07 Å². The second-order valence-corrected chi connectivity index (χ2v) is 6.29. The molecule has 0 radical (unpaired) electrons. The predicted molar refractivity (Wildman–Crippen MR) is 67.1 cm³/mol. The number of rotatable bonds is 3. The third kappa shape index (κ3) is 2.38. The highest BCUT2D eigenvalue weighted by atomic mass is 32.2. The second-order valence-electron chi connectivity index (χ2n) is 4.43. The monoisotopic (exact) mass is 296 g/mol. The van der Waals surface area contributed by atoms with Crippen LogP contribution in [0.2, 0.25) is 0 Å². The Labute approximate surface area is 115 Å². The molecule has 1 heterocycles. The molecule has 7 nitrogen and oxygen atoms in total. The summed E-state index contributed by atoms with van der Waals surface area (Å²) in [5.41, 5.74) is -0.0574. The van der Waals surface area contributed by atoms with Crippen molar-refractivity contribution in [3.63, 3.8) is 0 Å². The van der Waals surface area contributed by atoms with Crippen LogP contribution < -0.4 is 0 Å². The predicted octanol–water partition coefficient (Wildman–Crippen LogP) is -0.233. The fraction of sp³-hybridized carbons (Fsp3) is 0.333. The van der Waals surface area contributed by atoms with Crippen LogP contribution in [0.5, 0.6) is 0 Å². The minimum absolute atomic E-state index is 0.0574. The van der Waals surface area contributed by atoms with Gasteiger partial charge in [-0.3, -0.25) is 4.79 Å². The molecular weight excluding hydrogens is 284 g/mol. The Morgan fingerprint density at radius 3 is 2.65 bits per heavy atom. The average Bonchev–Trinajstić information content (AvgIpc) is 2.82. The number of benzene rings is 1. The molecule has 106 valence electrons. The summed E-state index contributed by atoms with van der Waals surface area (Å²) in [5.74, 6) is -1.32. The highest BCUT2D eigenvalue weighted by molar-refractivity contribution is 7.89. The fourth-order valence-corrected chi connectivity index (χ4v) is 3.96. The molecule has 0 saturated carbocycles.